The lowest BCUT2D eigenvalue weighted by Crippen LogP contribution is -2.37. The molecule has 5 heteroatoms. The van der Waals surface area contributed by atoms with E-state index < -0.39 is 6.10 Å². The summed E-state index contributed by atoms with van der Waals surface area (Å²) in [5.41, 5.74) is 1.06. The molecule has 0 saturated carbocycles. The van der Waals surface area contributed by atoms with Crippen LogP contribution in [0.15, 0.2) is 66.7 Å². The van der Waals surface area contributed by atoms with Crippen molar-refractivity contribution in [1.29, 1.82) is 0 Å². The molecule has 1 heterocycles. The van der Waals surface area contributed by atoms with E-state index >= 15 is 0 Å². The van der Waals surface area contributed by atoms with Gasteiger partial charge in [0.25, 0.3) is 11.8 Å². The molecule has 2 amide bonds. The normalized spacial score (nSPS) is 14.8. The van der Waals surface area contributed by atoms with Gasteiger partial charge in [0.2, 0.25) is 0 Å². The molecule has 1 fully saturated rings. The van der Waals surface area contributed by atoms with Crippen molar-refractivity contribution in [1.82, 2.24) is 4.90 Å². The molecular weight excluding hydrogens is 388 g/mol. The van der Waals surface area contributed by atoms with Gasteiger partial charge in [0.1, 0.15) is 5.75 Å². The third kappa shape index (κ3) is 4.71. The number of ether oxygens (including phenoxy) is 1. The summed E-state index contributed by atoms with van der Waals surface area (Å²) < 4.78 is 6.12. The number of rotatable bonds is 6. The largest absolute Gasteiger partial charge is 0.480 e. The maximum Gasteiger partial charge on any atom is 0.265 e. The first-order valence-corrected chi connectivity index (χ1v) is 11.0. The van der Waals surface area contributed by atoms with Crippen LogP contribution >= 0.6 is 0 Å². The average Bonchev–Trinajstić information content (AvgIpc) is 2.83. The molecule has 5 nitrogen and oxygen atoms in total. The van der Waals surface area contributed by atoms with E-state index in [4.69, 9.17) is 4.74 Å². The average molecular weight is 417 g/mol. The van der Waals surface area contributed by atoms with E-state index in [1.54, 1.807) is 12.1 Å². The van der Waals surface area contributed by atoms with Gasteiger partial charge in [-0.3, -0.25) is 9.59 Å². The number of para-hydroxylation sites is 1. The second-order valence-electron chi connectivity index (χ2n) is 7.88. The summed E-state index contributed by atoms with van der Waals surface area (Å²) in [6, 6.07) is 21.0. The molecule has 0 aromatic heterocycles. The van der Waals surface area contributed by atoms with Crippen molar-refractivity contribution >= 4 is 28.3 Å². The number of fused-ring (bicyclic) bond motifs is 1. The van der Waals surface area contributed by atoms with Crippen LogP contribution in [0.25, 0.3) is 10.8 Å². The van der Waals surface area contributed by atoms with Crippen LogP contribution < -0.4 is 10.1 Å². The summed E-state index contributed by atoms with van der Waals surface area (Å²) in [4.78, 5) is 28.0. The number of benzene rings is 3. The van der Waals surface area contributed by atoms with Gasteiger partial charge >= 0.3 is 0 Å². The van der Waals surface area contributed by atoms with Crippen molar-refractivity contribution in [3.63, 3.8) is 0 Å². The highest BCUT2D eigenvalue weighted by Crippen LogP contribution is 2.27. The van der Waals surface area contributed by atoms with Gasteiger partial charge in [-0.2, -0.15) is 0 Å². The van der Waals surface area contributed by atoms with E-state index in [1.165, 1.54) is 0 Å². The van der Waals surface area contributed by atoms with Gasteiger partial charge in [-0.1, -0.05) is 55.5 Å². The summed E-state index contributed by atoms with van der Waals surface area (Å²) in [6.45, 7) is 3.45. The minimum absolute atomic E-state index is 0.0291. The van der Waals surface area contributed by atoms with E-state index in [1.807, 2.05) is 66.4 Å². The van der Waals surface area contributed by atoms with E-state index in [0.29, 0.717) is 23.4 Å². The van der Waals surface area contributed by atoms with Crippen molar-refractivity contribution in [2.24, 2.45) is 0 Å². The number of piperidine rings is 1. The van der Waals surface area contributed by atoms with Gasteiger partial charge in [0.15, 0.2) is 6.10 Å². The Hall–Kier alpha value is -3.34. The molecule has 0 aliphatic carbocycles. The standard InChI is InChI=1S/C26H28N2O3/c1-2-23(31-24-16-10-12-19-11-4-5-13-20(19)24)25(29)27-22-15-7-6-14-21(22)26(30)28-17-8-3-9-18-28/h4-7,10-16,23H,2-3,8-9,17-18H2,1H3,(H,27,29)/t23-/m1/s1. The molecule has 0 bridgehead atoms. The number of carbonyl (C=O) groups excluding carboxylic acids is 2. The maximum absolute atomic E-state index is 13.1. The third-order valence-electron chi connectivity index (χ3n) is 5.74. The Labute approximate surface area is 183 Å². The van der Waals surface area contributed by atoms with Gasteiger partial charge in [-0.15, -0.1) is 0 Å². The van der Waals surface area contributed by atoms with E-state index in [2.05, 4.69) is 5.32 Å². The van der Waals surface area contributed by atoms with Crippen LogP contribution in [-0.4, -0.2) is 35.9 Å². The van der Waals surface area contributed by atoms with Crippen LogP contribution in [0.3, 0.4) is 0 Å². The number of hydrogen-bond donors (Lipinski definition) is 1. The molecule has 3 aromatic rings. The summed E-state index contributed by atoms with van der Waals surface area (Å²) in [5, 5.41) is 4.97. The first-order chi connectivity index (χ1) is 15.2. The minimum Gasteiger partial charge on any atom is -0.480 e. The molecule has 1 N–H and O–H groups in total. The highest BCUT2D eigenvalue weighted by molar-refractivity contribution is 6.04. The topological polar surface area (TPSA) is 58.6 Å². The highest BCUT2D eigenvalue weighted by atomic mass is 16.5. The molecule has 1 aliphatic heterocycles. The maximum atomic E-state index is 13.1. The second kappa shape index (κ2) is 9.65. The molecule has 3 aromatic carbocycles. The zero-order valence-electron chi connectivity index (χ0n) is 17.8. The summed E-state index contributed by atoms with van der Waals surface area (Å²) in [6.07, 6.45) is 3.06. The first kappa shape index (κ1) is 20.9. The predicted octanol–water partition coefficient (Wildman–Crippen LogP) is 5.26. The van der Waals surface area contributed by atoms with E-state index in [9.17, 15) is 9.59 Å². The summed E-state index contributed by atoms with van der Waals surface area (Å²) >= 11 is 0. The monoisotopic (exact) mass is 416 g/mol. The molecule has 4 rings (SSSR count). The lowest BCUT2D eigenvalue weighted by atomic mass is 10.1. The number of carbonyl (C=O) groups is 2. The Morgan fingerprint density at radius 3 is 2.45 bits per heavy atom. The molecule has 0 unspecified atom stereocenters. The Balaban J connectivity index is 1.52. The van der Waals surface area contributed by atoms with Crippen molar-refractivity contribution in [3.05, 3.63) is 72.3 Å². The van der Waals surface area contributed by atoms with Crippen molar-refractivity contribution < 1.29 is 14.3 Å². The number of amides is 2. The van der Waals surface area contributed by atoms with Crippen LogP contribution in [0.1, 0.15) is 43.0 Å². The molecule has 1 atom stereocenters. The van der Waals surface area contributed by atoms with Crippen LogP contribution in [0.4, 0.5) is 5.69 Å². The first-order valence-electron chi connectivity index (χ1n) is 11.0. The van der Waals surface area contributed by atoms with Gasteiger partial charge in [-0.05, 0) is 49.3 Å². The van der Waals surface area contributed by atoms with E-state index in [0.717, 1.165) is 43.1 Å². The van der Waals surface area contributed by atoms with Crippen LogP contribution in [-0.2, 0) is 4.79 Å². The van der Waals surface area contributed by atoms with Crippen LogP contribution in [0.5, 0.6) is 5.75 Å². The number of anilines is 1. The zero-order chi connectivity index (χ0) is 21.6. The Bertz CT molecular complexity index is 1070. The molecule has 160 valence electrons. The number of nitrogens with one attached hydrogen (secondary N) is 1. The quantitative estimate of drug-likeness (QED) is 0.596. The van der Waals surface area contributed by atoms with Gasteiger partial charge in [0.05, 0.1) is 11.3 Å². The summed E-state index contributed by atoms with van der Waals surface area (Å²) in [5.74, 6) is 0.394. The Kier molecular flexibility index (Phi) is 6.51. The van der Waals surface area contributed by atoms with Crippen molar-refractivity contribution in [2.75, 3.05) is 18.4 Å². The SMILES string of the molecule is CC[C@@H](Oc1cccc2ccccc12)C(=O)Nc1ccccc1C(=O)N1CCCCC1. The highest BCUT2D eigenvalue weighted by Gasteiger charge is 2.24. The second-order valence-corrected chi connectivity index (χ2v) is 7.88. The number of likely N-dealkylation sites (tertiary alicyclic amines) is 1. The number of nitrogens with zero attached hydrogens (tertiary/aromatic N) is 1. The molecule has 0 spiro atoms. The lowest BCUT2D eigenvalue weighted by molar-refractivity contribution is -0.122. The van der Waals surface area contributed by atoms with Gasteiger partial charge in [0, 0.05) is 18.5 Å². The Morgan fingerprint density at radius 1 is 0.935 bits per heavy atom. The molecule has 0 radical (unpaired) electrons. The van der Waals surface area contributed by atoms with Crippen LogP contribution in [0, 0.1) is 0 Å². The Morgan fingerprint density at radius 2 is 1.65 bits per heavy atom. The fourth-order valence-corrected chi connectivity index (χ4v) is 4.03. The minimum atomic E-state index is -0.663. The molecule has 1 saturated heterocycles. The fourth-order valence-electron chi connectivity index (χ4n) is 4.03. The predicted molar refractivity (Wildman–Crippen MR) is 123 cm³/mol. The van der Waals surface area contributed by atoms with Crippen LogP contribution in [0.2, 0.25) is 0 Å². The molecule has 1 aliphatic rings. The number of hydrogen-bond acceptors (Lipinski definition) is 3. The van der Waals surface area contributed by atoms with Gasteiger partial charge < -0.3 is 15.0 Å². The van der Waals surface area contributed by atoms with E-state index in [-0.39, 0.29) is 11.8 Å². The summed E-state index contributed by atoms with van der Waals surface area (Å²) in [7, 11) is 0. The third-order valence-corrected chi connectivity index (χ3v) is 5.74. The van der Waals surface area contributed by atoms with Crippen molar-refractivity contribution in [3.8, 4) is 5.75 Å². The molecule has 31 heavy (non-hydrogen) atoms. The zero-order valence-corrected chi connectivity index (χ0v) is 17.8. The van der Waals surface area contributed by atoms with Crippen molar-refractivity contribution in [2.45, 2.75) is 38.7 Å². The van der Waals surface area contributed by atoms with Gasteiger partial charge in [-0.25, -0.2) is 0 Å². The lowest BCUT2D eigenvalue weighted by Gasteiger charge is -2.27. The smallest absolute Gasteiger partial charge is 0.265 e. The fraction of sp³-hybridized carbons (Fsp3) is 0.308. The molecular formula is C26H28N2O3.